The second kappa shape index (κ2) is 7.44. The molecule has 0 saturated heterocycles. The number of carbonyl (C=O) groups excluding carboxylic acids is 1. The van der Waals surface area contributed by atoms with Crippen LogP contribution in [-0.2, 0) is 7.05 Å². The number of benzene rings is 2. The van der Waals surface area contributed by atoms with Crippen molar-refractivity contribution in [3.8, 4) is 5.75 Å². The van der Waals surface area contributed by atoms with E-state index < -0.39 is 0 Å². The summed E-state index contributed by atoms with van der Waals surface area (Å²) in [5.74, 6) is 1.42. The van der Waals surface area contributed by atoms with Crippen LogP contribution in [0.1, 0.15) is 38.9 Å². The summed E-state index contributed by atoms with van der Waals surface area (Å²) < 4.78 is 7.15. The van der Waals surface area contributed by atoms with Crippen LogP contribution in [-0.4, -0.2) is 22.6 Å². The van der Waals surface area contributed by atoms with Crippen LogP contribution in [0.25, 0.3) is 0 Å². The second-order valence-corrected chi connectivity index (χ2v) is 6.45. The van der Waals surface area contributed by atoms with Gasteiger partial charge in [0.2, 0.25) is 0 Å². The number of aromatic nitrogens is 2. The average Bonchev–Trinajstić information content (AvgIpc) is 3.04. The Kier molecular flexibility index (Phi) is 5.07. The molecule has 26 heavy (non-hydrogen) atoms. The highest BCUT2D eigenvalue weighted by molar-refractivity contribution is 5.95. The van der Waals surface area contributed by atoms with E-state index in [1.165, 1.54) is 0 Å². The molecule has 1 aromatic heterocycles. The monoisotopic (exact) mass is 349 g/mol. The first-order valence-electron chi connectivity index (χ1n) is 8.48. The summed E-state index contributed by atoms with van der Waals surface area (Å²) in [7, 11) is 3.55. The molecule has 1 amide bonds. The van der Waals surface area contributed by atoms with E-state index in [0.717, 1.165) is 28.3 Å². The molecular weight excluding hydrogens is 326 g/mol. The quantitative estimate of drug-likeness (QED) is 0.766. The number of ether oxygens (including phenoxy) is 1. The Morgan fingerprint density at radius 1 is 1.12 bits per heavy atom. The predicted octanol–water partition coefficient (Wildman–Crippen LogP) is 3.56. The van der Waals surface area contributed by atoms with Gasteiger partial charge in [-0.1, -0.05) is 29.3 Å². The molecular formula is C21H23N3O2. The highest BCUT2D eigenvalue weighted by Gasteiger charge is 2.21. The summed E-state index contributed by atoms with van der Waals surface area (Å²) in [6.07, 6.45) is 3.60. The fourth-order valence-corrected chi connectivity index (χ4v) is 3.07. The molecule has 1 N–H and O–H groups in total. The van der Waals surface area contributed by atoms with E-state index in [1.54, 1.807) is 13.3 Å². The Bertz CT molecular complexity index is 893. The molecule has 1 atom stereocenters. The number of imidazole rings is 1. The predicted molar refractivity (Wildman–Crippen MR) is 101 cm³/mol. The summed E-state index contributed by atoms with van der Waals surface area (Å²) in [6, 6.07) is 13.1. The van der Waals surface area contributed by atoms with E-state index >= 15 is 0 Å². The maximum atomic E-state index is 12.9. The zero-order valence-corrected chi connectivity index (χ0v) is 15.5. The summed E-state index contributed by atoms with van der Waals surface area (Å²) in [4.78, 5) is 17.3. The zero-order valence-electron chi connectivity index (χ0n) is 15.5. The molecule has 0 aliphatic carbocycles. The number of rotatable bonds is 5. The van der Waals surface area contributed by atoms with E-state index in [0.29, 0.717) is 5.56 Å². The summed E-state index contributed by atoms with van der Waals surface area (Å²) in [6.45, 7) is 3.98. The molecule has 5 nitrogen and oxygen atoms in total. The minimum Gasteiger partial charge on any atom is -0.497 e. The van der Waals surface area contributed by atoms with Crippen LogP contribution in [0.4, 0.5) is 0 Å². The fourth-order valence-electron chi connectivity index (χ4n) is 3.07. The van der Waals surface area contributed by atoms with E-state index in [4.69, 9.17) is 4.74 Å². The van der Waals surface area contributed by atoms with Crippen molar-refractivity contribution >= 4 is 5.91 Å². The van der Waals surface area contributed by atoms with Crippen LogP contribution in [0.5, 0.6) is 5.75 Å². The molecule has 0 unspecified atom stereocenters. The molecule has 5 heteroatoms. The van der Waals surface area contributed by atoms with Crippen molar-refractivity contribution in [2.24, 2.45) is 7.05 Å². The summed E-state index contributed by atoms with van der Waals surface area (Å²) in [5.41, 5.74) is 3.72. The van der Waals surface area contributed by atoms with Gasteiger partial charge in [0.05, 0.1) is 7.11 Å². The fraction of sp³-hybridized carbons (Fsp3) is 0.238. The van der Waals surface area contributed by atoms with Crippen LogP contribution >= 0.6 is 0 Å². The van der Waals surface area contributed by atoms with Crippen LogP contribution < -0.4 is 10.1 Å². The lowest BCUT2D eigenvalue weighted by Gasteiger charge is -2.20. The summed E-state index contributed by atoms with van der Waals surface area (Å²) in [5, 5.41) is 3.12. The van der Waals surface area contributed by atoms with Gasteiger partial charge in [-0.15, -0.1) is 0 Å². The highest BCUT2D eigenvalue weighted by Crippen LogP contribution is 2.23. The number of hydrogen-bond donors (Lipinski definition) is 1. The third kappa shape index (κ3) is 3.77. The van der Waals surface area contributed by atoms with Crippen molar-refractivity contribution in [1.82, 2.24) is 14.9 Å². The van der Waals surface area contributed by atoms with Gasteiger partial charge in [0.15, 0.2) is 0 Å². The minimum atomic E-state index is -0.353. The lowest BCUT2D eigenvalue weighted by Crippen LogP contribution is -2.31. The number of amides is 1. The van der Waals surface area contributed by atoms with Gasteiger partial charge in [0, 0.05) is 25.0 Å². The second-order valence-electron chi connectivity index (χ2n) is 6.45. The van der Waals surface area contributed by atoms with E-state index in [2.05, 4.69) is 16.4 Å². The normalized spacial score (nSPS) is 11.8. The lowest BCUT2D eigenvalue weighted by atomic mass is 10.0. The molecule has 0 aliphatic heterocycles. The average molecular weight is 349 g/mol. The molecule has 0 bridgehead atoms. The third-order valence-electron chi connectivity index (χ3n) is 4.33. The first-order chi connectivity index (χ1) is 12.5. The number of methoxy groups -OCH3 is 1. The van der Waals surface area contributed by atoms with Crippen molar-refractivity contribution in [3.05, 3.63) is 82.9 Å². The van der Waals surface area contributed by atoms with E-state index in [-0.39, 0.29) is 11.9 Å². The van der Waals surface area contributed by atoms with Crippen LogP contribution in [0.2, 0.25) is 0 Å². The van der Waals surface area contributed by atoms with Gasteiger partial charge in [0.1, 0.15) is 17.6 Å². The minimum absolute atomic E-state index is 0.124. The Balaban J connectivity index is 1.95. The smallest absolute Gasteiger partial charge is 0.252 e. The molecule has 0 fully saturated rings. The van der Waals surface area contributed by atoms with Crippen molar-refractivity contribution in [1.29, 1.82) is 0 Å². The van der Waals surface area contributed by atoms with Crippen LogP contribution in [0.15, 0.2) is 54.9 Å². The molecule has 0 saturated carbocycles. The lowest BCUT2D eigenvalue weighted by molar-refractivity contribution is 0.0941. The molecule has 0 radical (unpaired) electrons. The number of carbonyl (C=O) groups is 1. The molecule has 3 rings (SSSR count). The van der Waals surface area contributed by atoms with Gasteiger partial charge >= 0.3 is 0 Å². The van der Waals surface area contributed by atoms with Crippen LogP contribution in [0, 0.1) is 13.8 Å². The van der Waals surface area contributed by atoms with Crippen molar-refractivity contribution < 1.29 is 9.53 Å². The first kappa shape index (κ1) is 17.7. The molecule has 0 spiro atoms. The van der Waals surface area contributed by atoms with Gasteiger partial charge in [-0.2, -0.15) is 0 Å². The number of nitrogens with one attached hydrogen (secondary N) is 1. The molecule has 3 aromatic rings. The third-order valence-corrected chi connectivity index (χ3v) is 4.33. The highest BCUT2D eigenvalue weighted by atomic mass is 16.5. The SMILES string of the molecule is COc1ccc([C@@H](NC(=O)c2cc(C)cc(C)c2)c2nccn2C)cc1. The van der Waals surface area contributed by atoms with Gasteiger partial charge in [0.25, 0.3) is 5.91 Å². The van der Waals surface area contributed by atoms with E-state index in [9.17, 15) is 4.79 Å². The Morgan fingerprint density at radius 2 is 1.77 bits per heavy atom. The van der Waals surface area contributed by atoms with Gasteiger partial charge in [-0.3, -0.25) is 4.79 Å². The standard InChI is InChI=1S/C21H23N3O2/c1-14-11-15(2)13-17(12-14)21(25)23-19(20-22-9-10-24(20)3)16-5-7-18(26-4)8-6-16/h5-13,19H,1-4H3,(H,23,25)/t19-/m1/s1. The van der Waals surface area contributed by atoms with Crippen molar-refractivity contribution in [2.75, 3.05) is 7.11 Å². The number of hydrogen-bond acceptors (Lipinski definition) is 3. The zero-order chi connectivity index (χ0) is 18.7. The van der Waals surface area contributed by atoms with Crippen LogP contribution in [0.3, 0.4) is 0 Å². The molecule has 1 heterocycles. The molecule has 0 aliphatic rings. The number of nitrogens with zero attached hydrogens (tertiary/aromatic N) is 2. The van der Waals surface area contributed by atoms with Gasteiger partial charge in [-0.25, -0.2) is 4.98 Å². The topological polar surface area (TPSA) is 56.1 Å². The van der Waals surface area contributed by atoms with Gasteiger partial charge in [-0.05, 0) is 43.7 Å². The Labute approximate surface area is 153 Å². The number of aryl methyl sites for hydroxylation is 3. The largest absolute Gasteiger partial charge is 0.497 e. The Hall–Kier alpha value is -3.08. The van der Waals surface area contributed by atoms with Crippen molar-refractivity contribution in [3.63, 3.8) is 0 Å². The van der Waals surface area contributed by atoms with Gasteiger partial charge < -0.3 is 14.6 Å². The van der Waals surface area contributed by atoms with E-state index in [1.807, 2.05) is 68.1 Å². The van der Waals surface area contributed by atoms with Crippen molar-refractivity contribution in [2.45, 2.75) is 19.9 Å². The first-order valence-corrected chi connectivity index (χ1v) is 8.48. The maximum absolute atomic E-state index is 12.9. The molecule has 134 valence electrons. The maximum Gasteiger partial charge on any atom is 0.252 e. The Morgan fingerprint density at radius 3 is 2.31 bits per heavy atom. The molecule has 2 aromatic carbocycles. The summed E-state index contributed by atoms with van der Waals surface area (Å²) >= 11 is 0.